The molecule has 0 bridgehead atoms. The molecular formula is C27H33F3O4. The van der Waals surface area contributed by atoms with E-state index in [9.17, 15) is 13.2 Å². The molecule has 0 saturated carbocycles. The summed E-state index contributed by atoms with van der Waals surface area (Å²) in [6, 6.07) is 12.7. The highest BCUT2D eigenvalue weighted by atomic mass is 19.4. The van der Waals surface area contributed by atoms with E-state index in [1.165, 1.54) is 0 Å². The number of ether oxygens (including phenoxy) is 4. The monoisotopic (exact) mass is 478 g/mol. The first-order valence-electron chi connectivity index (χ1n) is 12.2. The fourth-order valence-corrected chi connectivity index (χ4v) is 4.30. The van der Waals surface area contributed by atoms with Crippen LogP contribution in [-0.4, -0.2) is 44.8 Å². The zero-order valence-electron chi connectivity index (χ0n) is 19.6. The maximum atomic E-state index is 15.0. The SMILES string of the molecule is CCCCCCCC(c1ccc(OCC2CO2)cc1)(c1ccc(OCC2CO2)cc1)C(F)(F)F. The van der Waals surface area contributed by atoms with Crippen LogP contribution in [0.15, 0.2) is 48.5 Å². The smallest absolute Gasteiger partial charge is 0.402 e. The number of epoxide rings is 2. The van der Waals surface area contributed by atoms with Gasteiger partial charge in [0.1, 0.15) is 42.3 Å². The van der Waals surface area contributed by atoms with E-state index in [-0.39, 0.29) is 29.8 Å². The molecule has 2 aliphatic heterocycles. The molecule has 2 aliphatic rings. The molecule has 2 atom stereocenters. The van der Waals surface area contributed by atoms with Crippen molar-refractivity contribution in [2.24, 2.45) is 0 Å². The van der Waals surface area contributed by atoms with Crippen molar-refractivity contribution in [2.75, 3.05) is 26.4 Å². The molecule has 186 valence electrons. The summed E-state index contributed by atoms with van der Waals surface area (Å²) in [5.41, 5.74) is -1.65. The third-order valence-electron chi connectivity index (χ3n) is 6.51. The highest BCUT2D eigenvalue weighted by Gasteiger charge is 2.56. The summed E-state index contributed by atoms with van der Waals surface area (Å²) in [7, 11) is 0. The maximum absolute atomic E-state index is 15.0. The summed E-state index contributed by atoms with van der Waals surface area (Å²) in [5, 5.41) is 0. The predicted molar refractivity (Wildman–Crippen MR) is 124 cm³/mol. The largest absolute Gasteiger partial charge is 0.491 e. The summed E-state index contributed by atoms with van der Waals surface area (Å²) in [6.07, 6.45) is -0.00830. The van der Waals surface area contributed by atoms with Gasteiger partial charge in [-0.2, -0.15) is 13.2 Å². The Balaban J connectivity index is 1.59. The molecule has 2 aromatic rings. The van der Waals surface area contributed by atoms with Crippen LogP contribution in [0.3, 0.4) is 0 Å². The molecule has 2 saturated heterocycles. The lowest BCUT2D eigenvalue weighted by atomic mass is 9.70. The fraction of sp³-hybridized carbons (Fsp3) is 0.556. The molecule has 0 aromatic heterocycles. The van der Waals surface area contributed by atoms with Gasteiger partial charge in [-0.25, -0.2) is 0 Å². The third-order valence-corrected chi connectivity index (χ3v) is 6.51. The Kier molecular flexibility index (Phi) is 8.04. The quantitative estimate of drug-likeness (QED) is 0.231. The van der Waals surface area contributed by atoms with Gasteiger partial charge < -0.3 is 18.9 Å². The van der Waals surface area contributed by atoms with Crippen LogP contribution < -0.4 is 9.47 Å². The number of hydrogen-bond donors (Lipinski definition) is 0. The van der Waals surface area contributed by atoms with Gasteiger partial charge in [0.25, 0.3) is 0 Å². The number of hydrogen-bond acceptors (Lipinski definition) is 4. The van der Waals surface area contributed by atoms with Crippen molar-refractivity contribution in [3.63, 3.8) is 0 Å². The molecule has 2 heterocycles. The summed E-state index contributed by atoms with van der Waals surface area (Å²) in [4.78, 5) is 0. The Labute approximate surface area is 199 Å². The second-order valence-corrected chi connectivity index (χ2v) is 9.15. The minimum Gasteiger partial charge on any atom is -0.491 e. The minimum absolute atomic E-state index is 0.00749. The molecule has 7 heteroatoms. The number of halogens is 3. The molecular weight excluding hydrogens is 445 g/mol. The summed E-state index contributed by atoms with van der Waals surface area (Å²) in [6.45, 7) is 4.25. The fourth-order valence-electron chi connectivity index (χ4n) is 4.30. The average molecular weight is 479 g/mol. The van der Waals surface area contributed by atoms with Crippen molar-refractivity contribution in [1.82, 2.24) is 0 Å². The van der Waals surface area contributed by atoms with Gasteiger partial charge in [-0.1, -0.05) is 63.3 Å². The third kappa shape index (κ3) is 6.25. The molecule has 2 fully saturated rings. The van der Waals surface area contributed by atoms with Gasteiger partial charge in [0.05, 0.1) is 13.2 Å². The van der Waals surface area contributed by atoms with E-state index < -0.39 is 11.6 Å². The van der Waals surface area contributed by atoms with Crippen LogP contribution in [0.4, 0.5) is 13.2 Å². The van der Waals surface area contributed by atoms with Crippen molar-refractivity contribution in [1.29, 1.82) is 0 Å². The first-order valence-corrected chi connectivity index (χ1v) is 12.2. The Morgan fingerprint density at radius 2 is 1.18 bits per heavy atom. The van der Waals surface area contributed by atoms with Gasteiger partial charge in [0.15, 0.2) is 0 Å². The molecule has 0 aliphatic carbocycles. The molecule has 0 spiro atoms. The van der Waals surface area contributed by atoms with Crippen molar-refractivity contribution in [2.45, 2.75) is 69.2 Å². The number of benzene rings is 2. The van der Waals surface area contributed by atoms with E-state index in [0.29, 0.717) is 44.3 Å². The molecule has 2 aromatic carbocycles. The van der Waals surface area contributed by atoms with Crippen LogP contribution in [0, 0.1) is 0 Å². The highest BCUT2D eigenvalue weighted by Crippen LogP contribution is 2.50. The Morgan fingerprint density at radius 1 is 0.735 bits per heavy atom. The van der Waals surface area contributed by atoms with E-state index in [0.717, 1.165) is 25.7 Å². The van der Waals surface area contributed by atoms with E-state index in [1.807, 2.05) is 0 Å². The van der Waals surface area contributed by atoms with Crippen LogP contribution in [0.2, 0.25) is 0 Å². The lowest BCUT2D eigenvalue weighted by Crippen LogP contribution is -2.43. The highest BCUT2D eigenvalue weighted by molar-refractivity contribution is 5.45. The van der Waals surface area contributed by atoms with Gasteiger partial charge in [-0.15, -0.1) is 0 Å². The molecule has 4 rings (SSSR count). The Morgan fingerprint density at radius 3 is 1.56 bits per heavy atom. The number of alkyl halides is 3. The topological polar surface area (TPSA) is 43.5 Å². The van der Waals surface area contributed by atoms with Crippen LogP contribution in [0.1, 0.15) is 56.6 Å². The Hall–Kier alpha value is -2.25. The molecule has 0 radical (unpaired) electrons. The minimum atomic E-state index is -4.47. The van der Waals surface area contributed by atoms with Gasteiger partial charge in [-0.3, -0.25) is 0 Å². The number of rotatable bonds is 14. The maximum Gasteiger partial charge on any atom is 0.402 e. The normalized spacial score (nSPS) is 21.1. The van der Waals surface area contributed by atoms with E-state index in [1.54, 1.807) is 48.5 Å². The van der Waals surface area contributed by atoms with Crippen LogP contribution in [0.5, 0.6) is 11.5 Å². The second-order valence-electron chi connectivity index (χ2n) is 9.15. The van der Waals surface area contributed by atoms with Gasteiger partial charge >= 0.3 is 6.18 Å². The molecule has 4 nitrogen and oxygen atoms in total. The summed E-state index contributed by atoms with van der Waals surface area (Å²) < 4.78 is 66.4. The molecule has 0 N–H and O–H groups in total. The van der Waals surface area contributed by atoms with Crippen molar-refractivity contribution in [3.8, 4) is 11.5 Å². The standard InChI is InChI=1S/C27H33F3O4/c1-2-3-4-5-6-15-26(27(28,29)30,20-7-11-22(12-8-20)31-16-24-18-33-24)21-9-13-23(14-10-21)32-17-25-19-34-25/h7-14,24-25H,2-6,15-19H2,1H3. The van der Waals surface area contributed by atoms with E-state index >= 15 is 0 Å². The van der Waals surface area contributed by atoms with Crippen molar-refractivity contribution in [3.05, 3.63) is 59.7 Å². The second kappa shape index (κ2) is 11.0. The zero-order chi connectivity index (χ0) is 24.0. The first kappa shape index (κ1) is 24.9. The molecule has 0 amide bonds. The summed E-state index contributed by atoms with van der Waals surface area (Å²) in [5.74, 6) is 1.09. The van der Waals surface area contributed by atoms with Gasteiger partial charge in [0, 0.05) is 0 Å². The molecule has 2 unspecified atom stereocenters. The van der Waals surface area contributed by atoms with Crippen molar-refractivity contribution >= 4 is 0 Å². The van der Waals surface area contributed by atoms with Crippen LogP contribution in [0.25, 0.3) is 0 Å². The number of unbranched alkanes of at least 4 members (excludes halogenated alkanes) is 4. The van der Waals surface area contributed by atoms with E-state index in [2.05, 4.69) is 6.92 Å². The van der Waals surface area contributed by atoms with Gasteiger partial charge in [-0.05, 0) is 41.8 Å². The zero-order valence-corrected chi connectivity index (χ0v) is 19.6. The lowest BCUT2D eigenvalue weighted by molar-refractivity contribution is -0.180. The van der Waals surface area contributed by atoms with Crippen molar-refractivity contribution < 1.29 is 32.1 Å². The molecule has 34 heavy (non-hydrogen) atoms. The average Bonchev–Trinajstić information content (AvgIpc) is 3.74. The Bertz CT molecular complexity index is 828. The lowest BCUT2D eigenvalue weighted by Gasteiger charge is -2.37. The van der Waals surface area contributed by atoms with Crippen LogP contribution >= 0.6 is 0 Å². The van der Waals surface area contributed by atoms with Crippen LogP contribution in [-0.2, 0) is 14.9 Å². The van der Waals surface area contributed by atoms with E-state index in [4.69, 9.17) is 18.9 Å². The first-order chi connectivity index (χ1) is 16.4. The summed E-state index contributed by atoms with van der Waals surface area (Å²) >= 11 is 0. The predicted octanol–water partition coefficient (Wildman–Crippen LogP) is 6.45. The van der Waals surface area contributed by atoms with Gasteiger partial charge in [0.2, 0.25) is 0 Å².